The Morgan fingerprint density at radius 1 is 1.04 bits per heavy atom. The second-order valence-corrected chi connectivity index (χ2v) is 6.37. The van der Waals surface area contributed by atoms with E-state index >= 15 is 0 Å². The largest absolute Gasteiger partial charge is 0.482 e. The number of nitrogens with zero attached hydrogens (tertiary/aromatic N) is 1. The van der Waals surface area contributed by atoms with Gasteiger partial charge in [0.05, 0.1) is 21.6 Å². The smallest absolute Gasteiger partial charge is 0.260 e. The third-order valence-electron chi connectivity index (χ3n) is 3.20. The van der Waals surface area contributed by atoms with Crippen molar-refractivity contribution in [3.05, 3.63) is 57.5 Å². The minimum atomic E-state index is -0.369. The molecule has 0 saturated carbocycles. The first kappa shape index (κ1) is 19.4. The van der Waals surface area contributed by atoms with E-state index in [0.29, 0.717) is 26.5 Å². The standard InChI is InChI=1S/C17H15Cl3N2O3/c1-22(17(24)10-25-15-5-3-2-4-13(15)19)9-16(23)21-11-6-7-12(18)14(20)8-11/h2-8H,9-10H2,1H3,(H,21,23). The summed E-state index contributed by atoms with van der Waals surface area (Å²) < 4.78 is 5.36. The summed E-state index contributed by atoms with van der Waals surface area (Å²) in [5, 5.41) is 3.78. The zero-order chi connectivity index (χ0) is 18.4. The lowest BCUT2D eigenvalue weighted by molar-refractivity contribution is -0.135. The molecule has 0 aliphatic rings. The molecule has 132 valence electrons. The van der Waals surface area contributed by atoms with E-state index in [9.17, 15) is 9.59 Å². The Labute approximate surface area is 160 Å². The predicted molar refractivity (Wildman–Crippen MR) is 99.7 cm³/mol. The quantitative estimate of drug-likeness (QED) is 0.792. The number of hydrogen-bond acceptors (Lipinski definition) is 3. The van der Waals surface area contributed by atoms with Crippen molar-refractivity contribution in [2.45, 2.75) is 0 Å². The fraction of sp³-hybridized carbons (Fsp3) is 0.176. The zero-order valence-electron chi connectivity index (χ0n) is 13.3. The van der Waals surface area contributed by atoms with Gasteiger partial charge >= 0.3 is 0 Å². The molecule has 2 rings (SSSR count). The SMILES string of the molecule is CN(CC(=O)Nc1ccc(Cl)c(Cl)c1)C(=O)COc1ccccc1Cl. The molecule has 0 aliphatic heterocycles. The van der Waals surface area contributed by atoms with Crippen molar-refractivity contribution in [3.63, 3.8) is 0 Å². The van der Waals surface area contributed by atoms with E-state index in [1.165, 1.54) is 18.0 Å². The van der Waals surface area contributed by atoms with Crippen LogP contribution in [0.3, 0.4) is 0 Å². The highest BCUT2D eigenvalue weighted by Gasteiger charge is 2.14. The fourth-order valence-electron chi connectivity index (χ4n) is 1.89. The number of likely N-dealkylation sites (N-methyl/N-ethyl adjacent to an activating group) is 1. The maximum Gasteiger partial charge on any atom is 0.260 e. The van der Waals surface area contributed by atoms with E-state index in [1.807, 2.05) is 0 Å². The first-order valence-electron chi connectivity index (χ1n) is 7.23. The second kappa shape index (κ2) is 8.94. The van der Waals surface area contributed by atoms with Gasteiger partial charge in [0.2, 0.25) is 5.91 Å². The number of rotatable bonds is 6. The van der Waals surface area contributed by atoms with Crippen LogP contribution in [-0.4, -0.2) is 36.9 Å². The lowest BCUT2D eigenvalue weighted by Crippen LogP contribution is -2.37. The second-order valence-electron chi connectivity index (χ2n) is 5.15. The molecule has 0 heterocycles. The highest BCUT2D eigenvalue weighted by atomic mass is 35.5. The molecule has 0 aromatic heterocycles. The molecule has 2 amide bonds. The molecular formula is C17H15Cl3N2O3. The zero-order valence-corrected chi connectivity index (χ0v) is 15.5. The van der Waals surface area contributed by atoms with Crippen molar-refractivity contribution in [1.82, 2.24) is 4.90 Å². The van der Waals surface area contributed by atoms with E-state index in [0.717, 1.165) is 0 Å². The summed E-state index contributed by atoms with van der Waals surface area (Å²) in [6, 6.07) is 11.6. The van der Waals surface area contributed by atoms with Crippen molar-refractivity contribution in [2.75, 3.05) is 25.5 Å². The van der Waals surface area contributed by atoms with Crippen molar-refractivity contribution >= 4 is 52.3 Å². The van der Waals surface area contributed by atoms with E-state index in [2.05, 4.69) is 5.32 Å². The molecule has 2 aromatic rings. The highest BCUT2D eigenvalue weighted by Crippen LogP contribution is 2.25. The van der Waals surface area contributed by atoms with Gasteiger partial charge in [0.15, 0.2) is 6.61 Å². The van der Waals surface area contributed by atoms with Crippen molar-refractivity contribution in [2.24, 2.45) is 0 Å². The third kappa shape index (κ3) is 5.81. The van der Waals surface area contributed by atoms with Crippen LogP contribution in [0, 0.1) is 0 Å². The Balaban J connectivity index is 1.84. The maximum absolute atomic E-state index is 12.1. The number of carbonyl (C=O) groups is 2. The van der Waals surface area contributed by atoms with Gasteiger partial charge in [-0.3, -0.25) is 9.59 Å². The van der Waals surface area contributed by atoms with Crippen molar-refractivity contribution < 1.29 is 14.3 Å². The van der Waals surface area contributed by atoms with Crippen molar-refractivity contribution in [3.8, 4) is 5.75 Å². The van der Waals surface area contributed by atoms with Gasteiger partial charge in [0, 0.05) is 12.7 Å². The van der Waals surface area contributed by atoms with Gasteiger partial charge < -0.3 is 15.0 Å². The molecular weight excluding hydrogens is 387 g/mol. The number of halogens is 3. The number of carbonyl (C=O) groups excluding carboxylic acids is 2. The molecule has 0 unspecified atom stereocenters. The molecule has 0 spiro atoms. The summed E-state index contributed by atoms with van der Waals surface area (Å²) in [5.41, 5.74) is 0.493. The van der Waals surface area contributed by atoms with Gasteiger partial charge in [0.25, 0.3) is 5.91 Å². The molecule has 0 fully saturated rings. The number of hydrogen-bond donors (Lipinski definition) is 1. The van der Waals surface area contributed by atoms with Gasteiger partial charge in [-0.15, -0.1) is 0 Å². The van der Waals surface area contributed by atoms with Crippen LogP contribution >= 0.6 is 34.8 Å². The third-order valence-corrected chi connectivity index (χ3v) is 4.25. The monoisotopic (exact) mass is 400 g/mol. The number of para-hydroxylation sites is 1. The lowest BCUT2D eigenvalue weighted by Gasteiger charge is -2.17. The summed E-state index contributed by atoms with van der Waals surface area (Å²) >= 11 is 17.7. The molecule has 2 aromatic carbocycles. The molecule has 0 atom stereocenters. The number of nitrogens with one attached hydrogen (secondary N) is 1. The van der Waals surface area contributed by atoms with E-state index in [-0.39, 0.29) is 25.0 Å². The summed E-state index contributed by atoms with van der Waals surface area (Å²) in [7, 11) is 1.51. The van der Waals surface area contributed by atoms with Gasteiger partial charge in [-0.05, 0) is 30.3 Å². The minimum Gasteiger partial charge on any atom is -0.482 e. The van der Waals surface area contributed by atoms with E-state index < -0.39 is 0 Å². The van der Waals surface area contributed by atoms with Gasteiger partial charge in [0.1, 0.15) is 5.75 Å². The molecule has 0 saturated heterocycles. The van der Waals surface area contributed by atoms with E-state index in [1.54, 1.807) is 36.4 Å². The summed E-state index contributed by atoms with van der Waals surface area (Å²) in [6.45, 7) is -0.356. The number of amides is 2. The summed E-state index contributed by atoms with van der Waals surface area (Å²) in [6.07, 6.45) is 0. The first-order valence-corrected chi connectivity index (χ1v) is 8.36. The summed E-state index contributed by atoms with van der Waals surface area (Å²) in [5.74, 6) is -0.317. The Morgan fingerprint density at radius 2 is 1.76 bits per heavy atom. The number of anilines is 1. The van der Waals surface area contributed by atoms with Gasteiger partial charge in [-0.2, -0.15) is 0 Å². The Morgan fingerprint density at radius 3 is 2.44 bits per heavy atom. The normalized spacial score (nSPS) is 10.2. The Hall–Kier alpha value is -1.95. The van der Waals surface area contributed by atoms with Gasteiger partial charge in [-0.25, -0.2) is 0 Å². The van der Waals surface area contributed by atoms with Crippen LogP contribution in [0.15, 0.2) is 42.5 Å². The lowest BCUT2D eigenvalue weighted by atomic mass is 10.3. The average Bonchev–Trinajstić information content (AvgIpc) is 2.57. The van der Waals surface area contributed by atoms with Crippen molar-refractivity contribution in [1.29, 1.82) is 0 Å². The highest BCUT2D eigenvalue weighted by molar-refractivity contribution is 6.42. The Kier molecular flexibility index (Phi) is 6.93. The first-order chi connectivity index (χ1) is 11.9. The molecule has 1 N–H and O–H groups in total. The number of benzene rings is 2. The van der Waals surface area contributed by atoms with Crippen LogP contribution in [0.4, 0.5) is 5.69 Å². The molecule has 25 heavy (non-hydrogen) atoms. The van der Waals surface area contributed by atoms with Crippen LogP contribution in [0.2, 0.25) is 15.1 Å². The average molecular weight is 402 g/mol. The predicted octanol–water partition coefficient (Wildman–Crippen LogP) is 4.12. The van der Waals surface area contributed by atoms with E-state index in [4.69, 9.17) is 39.5 Å². The topological polar surface area (TPSA) is 58.6 Å². The minimum absolute atomic E-state index is 0.134. The van der Waals surface area contributed by atoms with Gasteiger partial charge in [-0.1, -0.05) is 46.9 Å². The Bertz CT molecular complexity index is 783. The maximum atomic E-state index is 12.1. The van der Waals surface area contributed by atoms with Crippen LogP contribution in [-0.2, 0) is 9.59 Å². The molecule has 5 nitrogen and oxygen atoms in total. The van der Waals surface area contributed by atoms with Crippen LogP contribution in [0.5, 0.6) is 5.75 Å². The fourth-order valence-corrected chi connectivity index (χ4v) is 2.38. The van der Waals surface area contributed by atoms with Crippen LogP contribution < -0.4 is 10.1 Å². The molecule has 0 bridgehead atoms. The molecule has 0 radical (unpaired) electrons. The molecule has 8 heteroatoms. The summed E-state index contributed by atoms with van der Waals surface area (Å²) in [4.78, 5) is 25.3. The number of ether oxygens (including phenoxy) is 1. The molecule has 0 aliphatic carbocycles. The van der Waals surface area contributed by atoms with Crippen LogP contribution in [0.1, 0.15) is 0 Å². The van der Waals surface area contributed by atoms with Crippen LogP contribution in [0.25, 0.3) is 0 Å².